The van der Waals surface area contributed by atoms with Gasteiger partial charge in [0.1, 0.15) is 5.75 Å². The number of hydroxylamine groups is 1. The van der Waals surface area contributed by atoms with Crippen molar-refractivity contribution >= 4 is 16.8 Å². The Balaban J connectivity index is 1.30. The number of aromatic nitrogens is 1. The Morgan fingerprint density at radius 2 is 2.07 bits per heavy atom. The van der Waals surface area contributed by atoms with Crippen LogP contribution in [0.25, 0.3) is 10.9 Å². The number of amides is 1. The van der Waals surface area contributed by atoms with E-state index in [2.05, 4.69) is 10.5 Å². The van der Waals surface area contributed by atoms with E-state index in [0.717, 1.165) is 48.8 Å². The molecule has 0 fully saturated rings. The number of carbonyl (C=O) groups is 1. The van der Waals surface area contributed by atoms with Gasteiger partial charge in [0.2, 0.25) is 0 Å². The summed E-state index contributed by atoms with van der Waals surface area (Å²) in [5.74, 6) is 0.617. The van der Waals surface area contributed by atoms with Crippen molar-refractivity contribution in [3.8, 4) is 5.75 Å². The summed E-state index contributed by atoms with van der Waals surface area (Å²) in [5.41, 5.74) is 14.0. The molecule has 3 aromatic rings. The Hall–Kier alpha value is -2.83. The van der Waals surface area contributed by atoms with E-state index in [1.54, 1.807) is 7.11 Å². The zero-order chi connectivity index (χ0) is 20.2. The lowest BCUT2D eigenvalue weighted by Crippen LogP contribution is -2.27. The number of aromatic amines is 1. The summed E-state index contributed by atoms with van der Waals surface area (Å²) in [6, 6.07) is 13.9. The maximum atomic E-state index is 12.5. The van der Waals surface area contributed by atoms with Crippen LogP contribution < -0.4 is 16.0 Å². The fourth-order valence-corrected chi connectivity index (χ4v) is 3.90. The molecule has 6 heteroatoms. The van der Waals surface area contributed by atoms with Gasteiger partial charge in [0.15, 0.2) is 0 Å². The van der Waals surface area contributed by atoms with Crippen molar-refractivity contribution < 1.29 is 14.4 Å². The molecule has 4 rings (SSSR count). The molecule has 2 aromatic carbocycles. The zero-order valence-electron chi connectivity index (χ0n) is 16.7. The van der Waals surface area contributed by atoms with Gasteiger partial charge in [-0.3, -0.25) is 9.63 Å². The van der Waals surface area contributed by atoms with Crippen LogP contribution in [-0.2, 0) is 24.1 Å². The summed E-state index contributed by atoms with van der Waals surface area (Å²) >= 11 is 0. The van der Waals surface area contributed by atoms with E-state index in [1.165, 1.54) is 16.8 Å². The summed E-state index contributed by atoms with van der Waals surface area (Å²) in [4.78, 5) is 21.3. The summed E-state index contributed by atoms with van der Waals surface area (Å²) < 4.78 is 5.16. The third-order valence-electron chi connectivity index (χ3n) is 5.52. The van der Waals surface area contributed by atoms with Crippen molar-refractivity contribution in [2.45, 2.75) is 38.1 Å². The van der Waals surface area contributed by atoms with Gasteiger partial charge in [-0.1, -0.05) is 12.1 Å². The van der Waals surface area contributed by atoms with E-state index >= 15 is 0 Å². The molecule has 0 saturated heterocycles. The third kappa shape index (κ3) is 4.44. The van der Waals surface area contributed by atoms with Crippen molar-refractivity contribution in [1.82, 2.24) is 10.5 Å². The second-order valence-corrected chi connectivity index (χ2v) is 7.58. The highest BCUT2D eigenvalue weighted by Crippen LogP contribution is 2.29. The molecule has 1 unspecified atom stereocenters. The normalized spacial score (nSPS) is 15.9. The predicted octanol–water partition coefficient (Wildman–Crippen LogP) is 3.29. The highest BCUT2D eigenvalue weighted by atomic mass is 16.6. The van der Waals surface area contributed by atoms with Gasteiger partial charge in [0.05, 0.1) is 13.7 Å². The van der Waals surface area contributed by atoms with E-state index in [0.29, 0.717) is 12.2 Å². The first-order chi connectivity index (χ1) is 14.1. The van der Waals surface area contributed by atoms with Crippen molar-refractivity contribution in [2.24, 2.45) is 5.73 Å². The van der Waals surface area contributed by atoms with Crippen molar-refractivity contribution in [3.63, 3.8) is 0 Å². The number of hydrogen-bond acceptors (Lipinski definition) is 4. The Bertz CT molecular complexity index is 995. The van der Waals surface area contributed by atoms with E-state index in [1.807, 2.05) is 42.5 Å². The van der Waals surface area contributed by atoms with Gasteiger partial charge in [-0.2, -0.15) is 0 Å². The predicted molar refractivity (Wildman–Crippen MR) is 113 cm³/mol. The molecule has 1 atom stereocenters. The lowest BCUT2D eigenvalue weighted by Gasteiger charge is -2.18. The Labute approximate surface area is 170 Å². The highest BCUT2D eigenvalue weighted by Gasteiger charge is 2.20. The second kappa shape index (κ2) is 8.68. The maximum absolute atomic E-state index is 12.5. The maximum Gasteiger partial charge on any atom is 0.274 e. The minimum Gasteiger partial charge on any atom is -0.497 e. The van der Waals surface area contributed by atoms with E-state index in [9.17, 15) is 4.79 Å². The summed E-state index contributed by atoms with van der Waals surface area (Å²) in [6.45, 7) is 0.453. The largest absolute Gasteiger partial charge is 0.497 e. The van der Waals surface area contributed by atoms with Crippen LogP contribution in [-0.4, -0.2) is 30.6 Å². The molecule has 4 N–H and O–H groups in total. The van der Waals surface area contributed by atoms with Gasteiger partial charge < -0.3 is 15.5 Å². The molecule has 6 nitrogen and oxygen atoms in total. The van der Waals surface area contributed by atoms with E-state index in [-0.39, 0.29) is 11.9 Å². The number of hydrogen-bond donors (Lipinski definition) is 3. The first kappa shape index (κ1) is 19.5. The number of methoxy groups -OCH3 is 1. The zero-order valence-corrected chi connectivity index (χ0v) is 16.7. The number of ether oxygens (including phenoxy) is 1. The fraction of sp³-hybridized carbons (Fsp3) is 0.348. The first-order valence-corrected chi connectivity index (χ1v) is 10.1. The molecule has 1 heterocycles. The fourth-order valence-electron chi connectivity index (χ4n) is 3.90. The lowest BCUT2D eigenvalue weighted by molar-refractivity contribution is 0.0304. The van der Waals surface area contributed by atoms with Gasteiger partial charge in [0, 0.05) is 28.2 Å². The number of rotatable bonds is 7. The molecule has 0 spiro atoms. The Morgan fingerprint density at radius 3 is 2.86 bits per heavy atom. The number of nitrogens with two attached hydrogens (primary N) is 1. The average Bonchev–Trinajstić information content (AvgIpc) is 3.11. The number of carbonyl (C=O) groups excluding carboxylic acids is 1. The van der Waals surface area contributed by atoms with Crippen LogP contribution in [0.2, 0.25) is 0 Å². The molecule has 1 amide bonds. The first-order valence-electron chi connectivity index (χ1n) is 10.1. The molecule has 1 aliphatic rings. The minimum absolute atomic E-state index is 0.188. The van der Waals surface area contributed by atoms with Crippen LogP contribution in [0.15, 0.2) is 42.5 Å². The van der Waals surface area contributed by atoms with Crippen LogP contribution in [0.3, 0.4) is 0 Å². The molecule has 0 aliphatic heterocycles. The third-order valence-corrected chi connectivity index (χ3v) is 5.52. The van der Waals surface area contributed by atoms with Crippen LogP contribution >= 0.6 is 0 Å². The molecular weight excluding hydrogens is 366 g/mol. The average molecular weight is 393 g/mol. The van der Waals surface area contributed by atoms with Gasteiger partial charge in [-0.15, -0.1) is 0 Å². The second-order valence-electron chi connectivity index (χ2n) is 7.58. The van der Waals surface area contributed by atoms with Gasteiger partial charge in [-0.05, 0) is 73.6 Å². The standard InChI is InChI=1S/C23H27N3O3/c1-28-18-8-4-15(5-9-18)3-2-12-29-26-23(27)16-6-10-21-19(13-16)20-14-17(24)7-11-22(20)25-21/h4-6,8-10,13,17,25H,2-3,7,11-12,14,24H2,1H3,(H,26,27). The molecule has 1 aromatic heterocycles. The Kier molecular flexibility index (Phi) is 5.83. The molecule has 1 aliphatic carbocycles. The van der Waals surface area contributed by atoms with Crippen molar-refractivity contribution in [2.75, 3.05) is 13.7 Å². The molecular formula is C23H27N3O3. The van der Waals surface area contributed by atoms with E-state index in [4.69, 9.17) is 15.3 Å². The van der Waals surface area contributed by atoms with Crippen molar-refractivity contribution in [1.29, 1.82) is 0 Å². The summed E-state index contributed by atoms with van der Waals surface area (Å²) in [7, 11) is 1.66. The molecule has 0 radical (unpaired) electrons. The van der Waals surface area contributed by atoms with Gasteiger partial charge in [0.25, 0.3) is 5.91 Å². The van der Waals surface area contributed by atoms with Gasteiger partial charge >= 0.3 is 0 Å². The van der Waals surface area contributed by atoms with Crippen LogP contribution in [0, 0.1) is 0 Å². The Morgan fingerprint density at radius 1 is 1.24 bits per heavy atom. The van der Waals surface area contributed by atoms with Crippen molar-refractivity contribution in [3.05, 3.63) is 64.8 Å². The molecule has 0 saturated carbocycles. The SMILES string of the molecule is COc1ccc(CCCONC(=O)c2ccc3[nH]c4c(c3c2)CC(N)CC4)cc1. The number of aryl methyl sites for hydroxylation is 2. The molecule has 0 bridgehead atoms. The number of nitrogens with one attached hydrogen (secondary N) is 2. The summed E-state index contributed by atoms with van der Waals surface area (Å²) in [6.07, 6.45) is 4.50. The molecule has 29 heavy (non-hydrogen) atoms. The topological polar surface area (TPSA) is 89.4 Å². The highest BCUT2D eigenvalue weighted by molar-refractivity contribution is 5.98. The summed E-state index contributed by atoms with van der Waals surface area (Å²) in [5, 5.41) is 1.09. The smallest absolute Gasteiger partial charge is 0.274 e. The quantitative estimate of drug-likeness (QED) is 0.424. The lowest BCUT2D eigenvalue weighted by atomic mass is 9.92. The monoisotopic (exact) mass is 393 g/mol. The minimum atomic E-state index is -0.230. The number of H-pyrrole nitrogens is 1. The van der Waals surface area contributed by atoms with E-state index < -0.39 is 0 Å². The van der Waals surface area contributed by atoms with Crippen LogP contribution in [0.5, 0.6) is 5.75 Å². The van der Waals surface area contributed by atoms with Crippen LogP contribution in [0.4, 0.5) is 0 Å². The number of benzene rings is 2. The van der Waals surface area contributed by atoms with Gasteiger partial charge in [-0.25, -0.2) is 5.48 Å². The number of fused-ring (bicyclic) bond motifs is 3. The molecule has 152 valence electrons. The van der Waals surface area contributed by atoms with Crippen LogP contribution in [0.1, 0.15) is 40.0 Å².